The summed E-state index contributed by atoms with van der Waals surface area (Å²) in [6.07, 6.45) is 0. The monoisotopic (exact) mass is 231 g/mol. The lowest BCUT2D eigenvalue weighted by Crippen LogP contribution is -2.29. The standard InChI is InChI=1S/C7H9N3O4S/c1-5-2-3-6(4-7(5)8)15(13,14)9-10(11)12/h2-4,9H,8H2,1H3. The number of rotatable bonds is 3. The van der Waals surface area contributed by atoms with Crippen LogP contribution in [0.1, 0.15) is 5.56 Å². The van der Waals surface area contributed by atoms with E-state index in [1.807, 2.05) is 0 Å². The third-order valence-corrected chi connectivity index (χ3v) is 3.02. The summed E-state index contributed by atoms with van der Waals surface area (Å²) in [5.74, 6) is 0. The van der Waals surface area contributed by atoms with Crippen LogP contribution in [-0.2, 0) is 10.0 Å². The number of aryl methyl sites for hydroxylation is 1. The molecule has 82 valence electrons. The number of nitro groups is 1. The number of anilines is 1. The van der Waals surface area contributed by atoms with E-state index < -0.39 is 15.1 Å². The molecule has 0 radical (unpaired) electrons. The first-order valence-electron chi connectivity index (χ1n) is 3.86. The molecule has 1 aromatic carbocycles. The summed E-state index contributed by atoms with van der Waals surface area (Å²) in [4.78, 5) is 11.0. The predicted octanol–water partition coefficient (Wildman–Crippen LogP) is 0.0472. The van der Waals surface area contributed by atoms with Gasteiger partial charge >= 0.3 is 10.0 Å². The summed E-state index contributed by atoms with van der Waals surface area (Å²) in [5.41, 5.74) is 6.45. The van der Waals surface area contributed by atoms with E-state index in [4.69, 9.17) is 5.73 Å². The van der Waals surface area contributed by atoms with Crippen LogP contribution in [0.2, 0.25) is 0 Å². The molecule has 0 aromatic heterocycles. The quantitative estimate of drug-likeness (QED) is 0.433. The van der Waals surface area contributed by atoms with E-state index in [2.05, 4.69) is 0 Å². The fourth-order valence-corrected chi connectivity index (χ4v) is 1.77. The summed E-state index contributed by atoms with van der Waals surface area (Å²) >= 11 is 0. The van der Waals surface area contributed by atoms with Crippen LogP contribution in [-0.4, -0.2) is 13.5 Å². The zero-order valence-corrected chi connectivity index (χ0v) is 8.61. The maximum absolute atomic E-state index is 11.3. The second-order valence-corrected chi connectivity index (χ2v) is 4.53. The molecule has 8 heteroatoms. The summed E-state index contributed by atoms with van der Waals surface area (Å²) in [6, 6.07) is 3.89. The zero-order valence-electron chi connectivity index (χ0n) is 7.80. The van der Waals surface area contributed by atoms with Gasteiger partial charge < -0.3 is 5.73 Å². The molecule has 0 fully saturated rings. The molecule has 0 atom stereocenters. The Labute approximate surface area is 86.1 Å². The minimum atomic E-state index is -4.13. The van der Waals surface area contributed by atoms with Gasteiger partial charge in [-0.2, -0.15) is 8.42 Å². The molecule has 0 bridgehead atoms. The second-order valence-electron chi connectivity index (χ2n) is 2.87. The topological polar surface area (TPSA) is 115 Å². The van der Waals surface area contributed by atoms with E-state index in [1.54, 1.807) is 6.92 Å². The molecule has 1 aromatic rings. The lowest BCUT2D eigenvalue weighted by atomic mass is 10.2. The lowest BCUT2D eigenvalue weighted by Gasteiger charge is -2.03. The van der Waals surface area contributed by atoms with Gasteiger partial charge in [-0.05, 0) is 29.5 Å². The van der Waals surface area contributed by atoms with Crippen molar-refractivity contribution in [1.82, 2.24) is 4.83 Å². The highest BCUT2D eigenvalue weighted by atomic mass is 32.2. The maximum Gasteiger partial charge on any atom is 0.311 e. The third kappa shape index (κ3) is 2.56. The predicted molar refractivity (Wildman–Crippen MR) is 52.9 cm³/mol. The van der Waals surface area contributed by atoms with E-state index in [0.717, 1.165) is 0 Å². The van der Waals surface area contributed by atoms with Crippen molar-refractivity contribution in [3.8, 4) is 0 Å². The van der Waals surface area contributed by atoms with Crippen LogP contribution in [0.3, 0.4) is 0 Å². The highest BCUT2D eigenvalue weighted by Crippen LogP contribution is 2.16. The molecule has 0 unspecified atom stereocenters. The van der Waals surface area contributed by atoms with Gasteiger partial charge in [-0.15, -0.1) is 0 Å². The number of hydrazine groups is 1. The van der Waals surface area contributed by atoms with Crippen LogP contribution in [0, 0.1) is 17.0 Å². The highest BCUT2D eigenvalue weighted by Gasteiger charge is 2.19. The molecule has 0 heterocycles. The van der Waals surface area contributed by atoms with Crippen molar-refractivity contribution in [2.24, 2.45) is 0 Å². The molecule has 0 aliphatic heterocycles. The fourth-order valence-electron chi connectivity index (χ4n) is 0.937. The number of nitrogens with zero attached hydrogens (tertiary/aromatic N) is 1. The lowest BCUT2D eigenvalue weighted by molar-refractivity contribution is -0.518. The van der Waals surface area contributed by atoms with Crippen molar-refractivity contribution >= 4 is 15.7 Å². The molecule has 1 rings (SSSR count). The van der Waals surface area contributed by atoms with Gasteiger partial charge in [0, 0.05) is 5.69 Å². The van der Waals surface area contributed by atoms with Gasteiger partial charge in [0.25, 0.3) is 0 Å². The van der Waals surface area contributed by atoms with Crippen LogP contribution >= 0.6 is 0 Å². The molecule has 0 aliphatic rings. The second kappa shape index (κ2) is 3.73. The molecule has 3 N–H and O–H groups in total. The Morgan fingerprint density at radius 2 is 2.07 bits per heavy atom. The molecular weight excluding hydrogens is 222 g/mol. The molecule has 0 saturated carbocycles. The Hall–Kier alpha value is -1.83. The first-order chi connectivity index (χ1) is 6.83. The average Bonchev–Trinajstić information content (AvgIpc) is 2.07. The van der Waals surface area contributed by atoms with Gasteiger partial charge in [0.1, 0.15) is 0 Å². The SMILES string of the molecule is Cc1ccc(S(=O)(=O)N[N+](=O)[O-])cc1N. The number of hydrogen-bond acceptors (Lipinski definition) is 5. The number of hydrogen-bond donors (Lipinski definition) is 2. The Balaban J connectivity index is 3.17. The molecule has 0 aliphatic carbocycles. The van der Waals surface area contributed by atoms with Crippen LogP contribution in [0.4, 0.5) is 5.69 Å². The first-order valence-corrected chi connectivity index (χ1v) is 5.34. The van der Waals surface area contributed by atoms with Crippen molar-refractivity contribution in [2.75, 3.05) is 5.73 Å². The number of nitrogens with one attached hydrogen (secondary N) is 1. The Morgan fingerprint density at radius 1 is 1.47 bits per heavy atom. The smallest absolute Gasteiger partial charge is 0.311 e. The van der Waals surface area contributed by atoms with Crippen molar-refractivity contribution in [1.29, 1.82) is 0 Å². The van der Waals surface area contributed by atoms with E-state index >= 15 is 0 Å². The van der Waals surface area contributed by atoms with E-state index in [9.17, 15) is 18.5 Å². The van der Waals surface area contributed by atoms with Crippen molar-refractivity contribution in [3.63, 3.8) is 0 Å². The van der Waals surface area contributed by atoms with Crippen LogP contribution in [0.5, 0.6) is 0 Å². The van der Waals surface area contributed by atoms with Gasteiger partial charge in [-0.1, -0.05) is 6.07 Å². The summed E-state index contributed by atoms with van der Waals surface area (Å²) in [6.45, 7) is 1.70. The molecule has 15 heavy (non-hydrogen) atoms. The number of nitrogen functional groups attached to an aromatic ring is 1. The van der Waals surface area contributed by atoms with Gasteiger partial charge in [0.2, 0.25) is 0 Å². The van der Waals surface area contributed by atoms with Crippen LogP contribution in [0.25, 0.3) is 0 Å². The minimum Gasteiger partial charge on any atom is -0.398 e. The summed E-state index contributed by atoms with van der Waals surface area (Å²) < 4.78 is 22.6. The molecule has 0 amide bonds. The molecular formula is C7H9N3O4S. The summed E-state index contributed by atoms with van der Waals surface area (Å²) in [5, 5.41) is 8.89. The third-order valence-electron chi connectivity index (χ3n) is 1.76. The Kier molecular flexibility index (Phi) is 2.80. The first kappa shape index (κ1) is 11.2. The summed E-state index contributed by atoms with van der Waals surface area (Å²) in [7, 11) is -4.13. The van der Waals surface area contributed by atoms with Crippen LogP contribution < -0.4 is 10.6 Å². The Morgan fingerprint density at radius 3 is 2.53 bits per heavy atom. The van der Waals surface area contributed by atoms with Crippen molar-refractivity contribution < 1.29 is 13.5 Å². The number of sulfonamides is 1. The maximum atomic E-state index is 11.3. The van der Waals surface area contributed by atoms with Gasteiger partial charge in [0.05, 0.1) is 4.90 Å². The normalized spacial score (nSPS) is 11.0. The average molecular weight is 231 g/mol. The zero-order chi connectivity index (χ0) is 11.6. The van der Waals surface area contributed by atoms with E-state index in [1.165, 1.54) is 23.0 Å². The molecule has 7 nitrogen and oxygen atoms in total. The minimum absolute atomic E-state index is 0.234. The van der Waals surface area contributed by atoms with Gasteiger partial charge in [-0.25, -0.2) is 10.1 Å². The molecule has 0 spiro atoms. The number of benzene rings is 1. The Bertz CT molecular complexity index is 497. The van der Waals surface area contributed by atoms with E-state index in [0.29, 0.717) is 5.56 Å². The van der Waals surface area contributed by atoms with Crippen LogP contribution in [0.15, 0.2) is 23.1 Å². The van der Waals surface area contributed by atoms with E-state index in [-0.39, 0.29) is 10.6 Å². The van der Waals surface area contributed by atoms with Gasteiger partial charge in [-0.3, -0.25) is 0 Å². The van der Waals surface area contributed by atoms with Gasteiger partial charge in [0.15, 0.2) is 5.03 Å². The molecule has 0 saturated heterocycles. The fraction of sp³-hybridized carbons (Fsp3) is 0.143. The van der Waals surface area contributed by atoms with Crippen molar-refractivity contribution in [3.05, 3.63) is 33.9 Å². The largest absolute Gasteiger partial charge is 0.398 e. The number of nitrogens with two attached hydrogens (primary N) is 1. The highest BCUT2D eigenvalue weighted by molar-refractivity contribution is 7.89. The van der Waals surface area contributed by atoms with Crippen molar-refractivity contribution in [2.45, 2.75) is 11.8 Å².